The van der Waals surface area contributed by atoms with Crippen molar-refractivity contribution in [3.05, 3.63) is 63.1 Å². The van der Waals surface area contributed by atoms with Crippen LogP contribution in [0.2, 0.25) is 0 Å². The molecule has 0 aliphatic rings. The lowest BCUT2D eigenvalue weighted by molar-refractivity contribution is -0.113. The Morgan fingerprint density at radius 3 is 2.70 bits per heavy atom. The van der Waals surface area contributed by atoms with Gasteiger partial charge in [0.05, 0.1) is 5.75 Å². The first-order chi connectivity index (χ1) is 13.0. The quantitative estimate of drug-likeness (QED) is 0.382. The number of nitrogens with one attached hydrogen (secondary N) is 1. The summed E-state index contributed by atoms with van der Waals surface area (Å²) in [7, 11) is 0. The first-order valence-electron chi connectivity index (χ1n) is 8.20. The van der Waals surface area contributed by atoms with E-state index in [4.69, 9.17) is 9.15 Å². The van der Waals surface area contributed by atoms with Gasteiger partial charge in [0.1, 0.15) is 5.75 Å². The van der Waals surface area contributed by atoms with Crippen molar-refractivity contribution in [1.82, 2.24) is 10.2 Å². The van der Waals surface area contributed by atoms with Gasteiger partial charge in [-0.15, -0.1) is 10.2 Å². The van der Waals surface area contributed by atoms with E-state index in [1.807, 2.05) is 56.3 Å². The first kappa shape index (κ1) is 19.7. The average molecular weight is 495 g/mol. The number of nitrogens with zero attached hydrogens (tertiary/aromatic N) is 2. The normalized spacial score (nSPS) is 10.6. The fraction of sp³-hybridized carbons (Fsp3) is 0.211. The summed E-state index contributed by atoms with van der Waals surface area (Å²) in [4.78, 5) is 12.1. The fourth-order valence-corrected chi connectivity index (χ4v) is 3.44. The van der Waals surface area contributed by atoms with Gasteiger partial charge in [0, 0.05) is 9.26 Å². The number of carbonyl (C=O) groups excluding carboxylic acids is 1. The number of rotatable bonds is 7. The van der Waals surface area contributed by atoms with E-state index in [9.17, 15) is 4.79 Å². The van der Waals surface area contributed by atoms with Gasteiger partial charge in [0.25, 0.3) is 11.1 Å². The summed E-state index contributed by atoms with van der Waals surface area (Å²) in [6, 6.07) is 13.6. The van der Waals surface area contributed by atoms with E-state index in [0.29, 0.717) is 11.1 Å². The summed E-state index contributed by atoms with van der Waals surface area (Å²) >= 11 is 3.43. The third kappa shape index (κ3) is 5.96. The molecule has 2 aromatic carbocycles. The molecule has 27 heavy (non-hydrogen) atoms. The molecule has 6 nitrogen and oxygen atoms in total. The number of aryl methyl sites for hydroxylation is 2. The van der Waals surface area contributed by atoms with E-state index in [1.165, 1.54) is 11.8 Å². The Bertz CT molecular complexity index is 928. The molecule has 0 atom stereocenters. The molecule has 0 fully saturated rings. The molecule has 0 spiro atoms. The highest BCUT2D eigenvalue weighted by atomic mass is 127. The zero-order valence-electron chi connectivity index (χ0n) is 14.9. The van der Waals surface area contributed by atoms with Crippen LogP contribution < -0.4 is 10.1 Å². The molecule has 0 bridgehead atoms. The predicted octanol–water partition coefficient (Wildman–Crippen LogP) is 4.60. The number of ether oxygens (including phenoxy) is 1. The average Bonchev–Trinajstić information content (AvgIpc) is 3.10. The number of halogens is 1. The molecule has 8 heteroatoms. The van der Waals surface area contributed by atoms with Crippen molar-refractivity contribution in [2.75, 3.05) is 11.1 Å². The van der Waals surface area contributed by atoms with Gasteiger partial charge in [-0.05, 0) is 72.3 Å². The number of carbonyl (C=O) groups is 1. The van der Waals surface area contributed by atoms with E-state index < -0.39 is 0 Å². The summed E-state index contributed by atoms with van der Waals surface area (Å²) in [5.41, 5.74) is 2.99. The van der Waals surface area contributed by atoms with Gasteiger partial charge in [-0.1, -0.05) is 29.5 Å². The summed E-state index contributed by atoms with van der Waals surface area (Å²) < 4.78 is 12.2. The van der Waals surface area contributed by atoms with Crippen molar-refractivity contribution in [2.45, 2.75) is 25.7 Å². The summed E-state index contributed by atoms with van der Waals surface area (Å²) in [6.45, 7) is 4.16. The minimum Gasteiger partial charge on any atom is -0.484 e. The van der Waals surface area contributed by atoms with Crippen LogP contribution in [0, 0.1) is 17.4 Å². The van der Waals surface area contributed by atoms with Crippen LogP contribution in [0.5, 0.6) is 5.75 Å². The second-order valence-corrected chi connectivity index (χ2v) is 8.03. The number of aromatic nitrogens is 2. The largest absolute Gasteiger partial charge is 0.484 e. The van der Waals surface area contributed by atoms with E-state index in [1.54, 1.807) is 0 Å². The Morgan fingerprint density at radius 1 is 1.19 bits per heavy atom. The van der Waals surface area contributed by atoms with Crippen molar-refractivity contribution in [1.29, 1.82) is 0 Å². The number of hydrogen-bond acceptors (Lipinski definition) is 6. The fourth-order valence-electron chi connectivity index (χ4n) is 2.22. The maximum atomic E-state index is 12.1. The molecule has 1 heterocycles. The Hall–Kier alpha value is -2.07. The molecule has 3 rings (SSSR count). The van der Waals surface area contributed by atoms with Gasteiger partial charge >= 0.3 is 0 Å². The van der Waals surface area contributed by atoms with Gasteiger partial charge < -0.3 is 14.5 Å². The molecule has 0 aliphatic carbocycles. The molecular formula is C19H18IN3O3S. The second-order valence-electron chi connectivity index (χ2n) is 5.86. The number of anilines is 1. The summed E-state index contributed by atoms with van der Waals surface area (Å²) in [5, 5.41) is 11.1. The van der Waals surface area contributed by atoms with Crippen molar-refractivity contribution in [2.24, 2.45) is 0 Å². The van der Waals surface area contributed by atoms with E-state index in [-0.39, 0.29) is 18.3 Å². The van der Waals surface area contributed by atoms with Crippen molar-refractivity contribution >= 4 is 45.9 Å². The molecule has 1 aromatic heterocycles. The monoisotopic (exact) mass is 495 g/mol. The van der Waals surface area contributed by atoms with E-state index >= 15 is 0 Å². The van der Waals surface area contributed by atoms with Gasteiger partial charge in [-0.2, -0.15) is 0 Å². The molecule has 1 amide bonds. The van der Waals surface area contributed by atoms with Crippen LogP contribution in [0.4, 0.5) is 5.69 Å². The predicted molar refractivity (Wildman–Crippen MR) is 113 cm³/mol. The molecular weight excluding hydrogens is 477 g/mol. The third-order valence-electron chi connectivity index (χ3n) is 3.62. The number of thioether (sulfide) groups is 1. The number of amides is 1. The minimum absolute atomic E-state index is 0.125. The van der Waals surface area contributed by atoms with Crippen LogP contribution in [0.1, 0.15) is 17.0 Å². The molecule has 1 N–H and O–H groups in total. The Morgan fingerprint density at radius 2 is 1.96 bits per heavy atom. The molecule has 0 saturated heterocycles. The SMILES string of the molecule is Cc1ccc(OCc2nnc(SCC(=O)Nc3ccc(I)cc3C)o2)cc1. The molecule has 0 radical (unpaired) electrons. The molecule has 0 aliphatic heterocycles. The van der Waals surface area contributed by atoms with Crippen LogP contribution in [0.25, 0.3) is 0 Å². The van der Waals surface area contributed by atoms with Crippen LogP contribution >= 0.6 is 34.4 Å². The number of benzene rings is 2. The third-order valence-corrected chi connectivity index (χ3v) is 5.11. The van der Waals surface area contributed by atoms with Crippen LogP contribution in [0.15, 0.2) is 52.1 Å². The lowest BCUT2D eigenvalue weighted by Crippen LogP contribution is -2.14. The Kier molecular flexibility index (Phi) is 6.73. The first-order valence-corrected chi connectivity index (χ1v) is 10.3. The lowest BCUT2D eigenvalue weighted by atomic mass is 10.2. The van der Waals surface area contributed by atoms with Gasteiger partial charge in [0.2, 0.25) is 5.91 Å². The number of hydrogen-bond donors (Lipinski definition) is 1. The maximum Gasteiger partial charge on any atom is 0.277 e. The summed E-state index contributed by atoms with van der Waals surface area (Å²) in [6.07, 6.45) is 0. The van der Waals surface area contributed by atoms with E-state index in [0.717, 1.165) is 26.1 Å². The highest BCUT2D eigenvalue weighted by Crippen LogP contribution is 2.20. The van der Waals surface area contributed by atoms with Crippen LogP contribution in [-0.4, -0.2) is 21.9 Å². The molecule has 140 valence electrons. The molecule has 3 aromatic rings. The van der Waals surface area contributed by atoms with E-state index in [2.05, 4.69) is 38.1 Å². The molecule has 0 unspecified atom stereocenters. The van der Waals surface area contributed by atoms with Crippen molar-refractivity contribution in [3.63, 3.8) is 0 Å². The van der Waals surface area contributed by atoms with Crippen molar-refractivity contribution in [3.8, 4) is 5.75 Å². The van der Waals surface area contributed by atoms with Gasteiger partial charge in [-0.3, -0.25) is 4.79 Å². The van der Waals surface area contributed by atoms with Crippen molar-refractivity contribution < 1.29 is 13.9 Å². The van der Waals surface area contributed by atoms with Crippen LogP contribution in [-0.2, 0) is 11.4 Å². The Labute approximate surface area is 175 Å². The Balaban J connectivity index is 1.47. The zero-order chi connectivity index (χ0) is 19.2. The molecule has 0 saturated carbocycles. The topological polar surface area (TPSA) is 77.2 Å². The van der Waals surface area contributed by atoms with Crippen LogP contribution in [0.3, 0.4) is 0 Å². The van der Waals surface area contributed by atoms with Gasteiger partial charge in [-0.25, -0.2) is 0 Å². The van der Waals surface area contributed by atoms with Gasteiger partial charge in [0.15, 0.2) is 6.61 Å². The highest BCUT2D eigenvalue weighted by Gasteiger charge is 2.11. The lowest BCUT2D eigenvalue weighted by Gasteiger charge is -2.07. The highest BCUT2D eigenvalue weighted by molar-refractivity contribution is 14.1. The standard InChI is InChI=1S/C19H18IN3O3S/c1-12-3-6-15(7-4-12)25-10-18-22-23-19(26-18)27-11-17(24)21-16-8-5-14(20)9-13(16)2/h3-9H,10-11H2,1-2H3,(H,21,24). The zero-order valence-corrected chi connectivity index (χ0v) is 17.8. The maximum absolute atomic E-state index is 12.1. The summed E-state index contributed by atoms with van der Waals surface area (Å²) in [5.74, 6) is 1.17. The minimum atomic E-state index is -0.125. The smallest absolute Gasteiger partial charge is 0.277 e. The second kappa shape index (κ2) is 9.23.